The van der Waals surface area contributed by atoms with Gasteiger partial charge in [-0.15, -0.1) is 0 Å². The second-order valence-corrected chi connectivity index (χ2v) is 16.3. The molecule has 0 radical (unpaired) electrons. The van der Waals surface area contributed by atoms with Crippen molar-refractivity contribution in [2.45, 2.75) is 84.0 Å². The molecule has 1 nitrogen and oxygen atoms in total. The number of hydrogen-bond donors (Lipinski definition) is 0. The second-order valence-electron chi connectivity index (χ2n) is 16.3. The molecule has 2 heteroatoms. The molecule has 224 valence electrons. The van der Waals surface area contributed by atoms with Crippen LogP contribution in [0.1, 0.15) is 101 Å². The van der Waals surface area contributed by atoms with E-state index >= 15 is 0 Å². The van der Waals surface area contributed by atoms with Gasteiger partial charge in [0.15, 0.2) is 0 Å². The molecule has 1 unspecified atom stereocenters. The molecule has 0 N–H and O–H groups in total. The molecule has 5 aromatic carbocycles. The average Bonchev–Trinajstić information content (AvgIpc) is 3.27. The van der Waals surface area contributed by atoms with Gasteiger partial charge in [0.05, 0.1) is 0 Å². The summed E-state index contributed by atoms with van der Waals surface area (Å²) >= 11 is 0. The summed E-state index contributed by atoms with van der Waals surface area (Å²) in [6.07, 6.45) is 0. The van der Waals surface area contributed by atoms with E-state index in [0.717, 1.165) is 0 Å². The van der Waals surface area contributed by atoms with E-state index in [1.165, 1.54) is 72.4 Å². The van der Waals surface area contributed by atoms with E-state index in [2.05, 4.69) is 170 Å². The van der Waals surface area contributed by atoms with Gasteiger partial charge in [-0.1, -0.05) is 159 Å². The van der Waals surface area contributed by atoms with Crippen molar-refractivity contribution in [3.8, 4) is 11.1 Å². The molecule has 0 amide bonds. The third-order valence-corrected chi connectivity index (χ3v) is 11.2. The maximum Gasteiger partial charge on any atom is 0.328 e. The number of nitrogens with zero attached hydrogens (tertiary/aromatic N) is 1. The van der Waals surface area contributed by atoms with Crippen molar-refractivity contribution in [1.82, 2.24) is 0 Å². The molecule has 45 heavy (non-hydrogen) atoms. The normalized spacial score (nSPS) is 19.0. The lowest BCUT2D eigenvalue weighted by Crippen LogP contribution is -2.64. The molecule has 0 spiro atoms. The van der Waals surface area contributed by atoms with Crippen LogP contribution in [0.2, 0.25) is 0 Å². The van der Waals surface area contributed by atoms with Crippen LogP contribution in [0.4, 0.5) is 11.4 Å². The standard InChI is InChI=1S/C43H44BN/c1-40(2,3)31-21-15-23-33-38(31)45(39-32(41(4,5)6)22-16-24-34(39)42(33,7)8)44-35-25-13-12-20-30(35)43(9)29-19-11-10-17-27(29)28-18-14-26-36(44)37(28)43/h10-26H,1-9H3. The van der Waals surface area contributed by atoms with Crippen molar-refractivity contribution >= 4 is 29.1 Å². The van der Waals surface area contributed by atoms with Crippen molar-refractivity contribution in [3.05, 3.63) is 142 Å². The lowest BCUT2D eigenvalue weighted by molar-refractivity contribution is 0.569. The van der Waals surface area contributed by atoms with E-state index in [1.54, 1.807) is 0 Å². The largest absolute Gasteiger partial charge is 0.376 e. The molecule has 0 saturated carbocycles. The molecule has 1 aliphatic carbocycles. The lowest BCUT2D eigenvalue weighted by atomic mass is 9.39. The Balaban J connectivity index is 1.56. The molecule has 0 aromatic heterocycles. The molecule has 8 rings (SSSR count). The highest BCUT2D eigenvalue weighted by molar-refractivity contribution is 6.90. The monoisotopic (exact) mass is 585 g/mol. The van der Waals surface area contributed by atoms with E-state index in [9.17, 15) is 0 Å². The van der Waals surface area contributed by atoms with Gasteiger partial charge in [-0.05, 0) is 78.8 Å². The molecule has 5 aromatic rings. The molecule has 2 heterocycles. The van der Waals surface area contributed by atoms with Gasteiger partial charge in [-0.25, -0.2) is 0 Å². The third-order valence-electron chi connectivity index (χ3n) is 11.2. The molecule has 3 aliphatic rings. The summed E-state index contributed by atoms with van der Waals surface area (Å²) in [5, 5.41) is 0. The molecule has 2 aliphatic heterocycles. The number of hydrogen-bond acceptors (Lipinski definition) is 1. The minimum atomic E-state index is -0.205. The maximum atomic E-state index is 2.80. The fraction of sp³-hybridized carbons (Fsp3) is 0.302. The van der Waals surface area contributed by atoms with Crippen LogP contribution in [0.25, 0.3) is 11.1 Å². The minimum absolute atomic E-state index is 0.0270. The average molecular weight is 586 g/mol. The van der Waals surface area contributed by atoms with Crippen molar-refractivity contribution in [2.75, 3.05) is 4.81 Å². The van der Waals surface area contributed by atoms with Crippen LogP contribution in [0, 0.1) is 0 Å². The summed E-state index contributed by atoms with van der Waals surface area (Å²) in [5.74, 6) is 0. The first kappa shape index (κ1) is 28.4. The van der Waals surface area contributed by atoms with Crippen LogP contribution in [0.3, 0.4) is 0 Å². The Bertz CT molecular complexity index is 1970. The van der Waals surface area contributed by atoms with Gasteiger partial charge < -0.3 is 4.81 Å². The molecule has 0 fully saturated rings. The van der Waals surface area contributed by atoms with Crippen LogP contribution in [0.15, 0.2) is 103 Å². The van der Waals surface area contributed by atoms with Gasteiger partial charge in [-0.3, -0.25) is 0 Å². The van der Waals surface area contributed by atoms with E-state index in [-0.39, 0.29) is 28.5 Å². The second kappa shape index (κ2) is 9.03. The van der Waals surface area contributed by atoms with Gasteiger partial charge in [0, 0.05) is 22.2 Å². The Morgan fingerprint density at radius 3 is 1.56 bits per heavy atom. The fourth-order valence-electron chi connectivity index (χ4n) is 9.13. The van der Waals surface area contributed by atoms with Gasteiger partial charge in [-0.2, -0.15) is 0 Å². The summed E-state index contributed by atoms with van der Waals surface area (Å²) in [6.45, 7) is 21.6. The Labute approximate surface area is 270 Å². The summed E-state index contributed by atoms with van der Waals surface area (Å²) < 4.78 is 0. The van der Waals surface area contributed by atoms with E-state index in [0.29, 0.717) is 0 Å². The zero-order chi connectivity index (χ0) is 31.7. The van der Waals surface area contributed by atoms with Gasteiger partial charge in [0.2, 0.25) is 0 Å². The van der Waals surface area contributed by atoms with Crippen LogP contribution < -0.4 is 15.7 Å². The number of rotatable bonds is 1. The predicted octanol–water partition coefficient (Wildman–Crippen LogP) is 9.51. The highest BCUT2D eigenvalue weighted by Gasteiger charge is 2.53. The number of fused-ring (bicyclic) bond motifs is 7. The van der Waals surface area contributed by atoms with Crippen LogP contribution >= 0.6 is 0 Å². The predicted molar refractivity (Wildman–Crippen MR) is 193 cm³/mol. The van der Waals surface area contributed by atoms with Crippen LogP contribution in [-0.4, -0.2) is 6.85 Å². The van der Waals surface area contributed by atoms with Crippen molar-refractivity contribution < 1.29 is 0 Å². The van der Waals surface area contributed by atoms with Crippen molar-refractivity contribution in [3.63, 3.8) is 0 Å². The molecule has 0 bridgehead atoms. The Kier molecular flexibility index (Phi) is 5.71. The van der Waals surface area contributed by atoms with Gasteiger partial charge in [0.1, 0.15) is 0 Å². The lowest BCUT2D eigenvalue weighted by Gasteiger charge is -2.51. The fourth-order valence-corrected chi connectivity index (χ4v) is 9.13. The summed E-state index contributed by atoms with van der Waals surface area (Å²) in [7, 11) is 0. The first-order valence-corrected chi connectivity index (χ1v) is 16.7. The zero-order valence-corrected chi connectivity index (χ0v) is 28.3. The van der Waals surface area contributed by atoms with Crippen LogP contribution in [-0.2, 0) is 21.7 Å². The number of para-hydroxylation sites is 2. The SMILES string of the molecule is CC(C)(C)c1cccc2c1N(B1c3ccccc3C3(C)c4ccccc4-c4cccc1c43)c1c(C(C)(C)C)cccc1C2(C)C. The van der Waals surface area contributed by atoms with Crippen LogP contribution in [0.5, 0.6) is 0 Å². The van der Waals surface area contributed by atoms with E-state index in [4.69, 9.17) is 0 Å². The zero-order valence-electron chi connectivity index (χ0n) is 28.3. The summed E-state index contributed by atoms with van der Waals surface area (Å²) in [6, 6.07) is 39.7. The smallest absolute Gasteiger partial charge is 0.328 e. The molecular formula is C43H44BN. The van der Waals surface area contributed by atoms with Gasteiger partial charge in [0.25, 0.3) is 0 Å². The molecule has 1 atom stereocenters. The summed E-state index contributed by atoms with van der Waals surface area (Å²) in [4.78, 5) is 2.80. The third kappa shape index (κ3) is 3.63. The highest BCUT2D eigenvalue weighted by Crippen LogP contribution is 2.57. The topological polar surface area (TPSA) is 3.24 Å². The number of benzene rings is 5. The quantitative estimate of drug-likeness (QED) is 0.177. The Morgan fingerprint density at radius 1 is 0.489 bits per heavy atom. The molecule has 0 saturated heterocycles. The van der Waals surface area contributed by atoms with Crippen molar-refractivity contribution in [1.29, 1.82) is 0 Å². The maximum absolute atomic E-state index is 2.80. The Hall–Kier alpha value is -4.04. The van der Waals surface area contributed by atoms with E-state index in [1.807, 2.05) is 0 Å². The molecular weight excluding hydrogens is 541 g/mol. The Morgan fingerprint density at radius 2 is 0.956 bits per heavy atom. The first-order valence-electron chi connectivity index (χ1n) is 16.7. The number of anilines is 2. The first-order chi connectivity index (χ1) is 21.3. The highest BCUT2D eigenvalue weighted by atomic mass is 15.1. The van der Waals surface area contributed by atoms with Gasteiger partial charge >= 0.3 is 6.85 Å². The summed E-state index contributed by atoms with van der Waals surface area (Å²) in [5.41, 5.74) is 17.9. The minimum Gasteiger partial charge on any atom is -0.376 e. The van der Waals surface area contributed by atoms with Crippen molar-refractivity contribution in [2.24, 2.45) is 0 Å². The van der Waals surface area contributed by atoms with E-state index < -0.39 is 0 Å².